The van der Waals surface area contributed by atoms with Crippen LogP contribution in [0.25, 0.3) is 0 Å². The zero-order valence-electron chi connectivity index (χ0n) is 13.8. The summed E-state index contributed by atoms with van der Waals surface area (Å²) in [6.07, 6.45) is 7.99. The molecule has 0 aromatic heterocycles. The van der Waals surface area contributed by atoms with Crippen molar-refractivity contribution in [1.29, 1.82) is 0 Å². The molecule has 3 N–H and O–H groups in total. The number of aliphatic hydroxyl groups is 3. The van der Waals surface area contributed by atoms with Crippen molar-refractivity contribution >= 4 is 0 Å². The lowest BCUT2D eigenvalue weighted by molar-refractivity contribution is -0.136. The minimum atomic E-state index is -0.317. The van der Waals surface area contributed by atoms with Crippen LogP contribution in [-0.2, 0) is 0 Å². The van der Waals surface area contributed by atoms with Gasteiger partial charge in [-0.15, -0.1) is 0 Å². The number of allylic oxidation sites excluding steroid dienone is 1. The van der Waals surface area contributed by atoms with Gasteiger partial charge in [0.05, 0.1) is 18.3 Å². The molecule has 22 heavy (non-hydrogen) atoms. The van der Waals surface area contributed by atoms with Crippen LogP contribution in [0, 0.1) is 28.6 Å². The highest BCUT2D eigenvalue weighted by molar-refractivity contribution is 5.26. The third kappa shape index (κ3) is 1.85. The Balaban J connectivity index is 1.73. The Labute approximate surface area is 133 Å². The molecule has 0 heterocycles. The molecule has 4 rings (SSSR count). The summed E-state index contributed by atoms with van der Waals surface area (Å²) >= 11 is 0. The van der Waals surface area contributed by atoms with Crippen LogP contribution in [0.2, 0.25) is 0 Å². The van der Waals surface area contributed by atoms with E-state index in [1.807, 2.05) is 0 Å². The predicted octanol–water partition coefficient (Wildman–Crippen LogP) is 2.64. The number of hydrogen-bond donors (Lipinski definition) is 3. The molecule has 3 saturated carbocycles. The van der Waals surface area contributed by atoms with Crippen molar-refractivity contribution in [2.45, 2.75) is 77.1 Å². The van der Waals surface area contributed by atoms with Gasteiger partial charge >= 0.3 is 0 Å². The summed E-state index contributed by atoms with van der Waals surface area (Å²) in [4.78, 5) is 0. The van der Waals surface area contributed by atoms with Crippen LogP contribution in [0.5, 0.6) is 0 Å². The maximum absolute atomic E-state index is 11.0. The maximum Gasteiger partial charge on any atom is 0.0597 e. The summed E-state index contributed by atoms with van der Waals surface area (Å²) < 4.78 is 0. The molecule has 4 aliphatic rings. The van der Waals surface area contributed by atoms with Crippen molar-refractivity contribution in [2.24, 2.45) is 28.6 Å². The van der Waals surface area contributed by atoms with Gasteiger partial charge in [-0.2, -0.15) is 0 Å². The second-order valence-electron chi connectivity index (χ2n) is 8.95. The van der Waals surface area contributed by atoms with Crippen molar-refractivity contribution in [3.8, 4) is 0 Å². The first-order chi connectivity index (χ1) is 10.4. The van der Waals surface area contributed by atoms with Crippen LogP contribution < -0.4 is 0 Å². The van der Waals surface area contributed by atoms with E-state index < -0.39 is 0 Å². The number of fused-ring (bicyclic) bond motifs is 5. The molecule has 0 aliphatic heterocycles. The van der Waals surface area contributed by atoms with Crippen LogP contribution in [-0.4, -0.2) is 33.6 Å². The quantitative estimate of drug-likeness (QED) is 0.603. The van der Waals surface area contributed by atoms with Crippen LogP contribution in [0.4, 0.5) is 0 Å². The van der Waals surface area contributed by atoms with Crippen LogP contribution >= 0.6 is 0 Å². The van der Waals surface area contributed by atoms with E-state index in [4.69, 9.17) is 0 Å². The van der Waals surface area contributed by atoms with E-state index in [2.05, 4.69) is 19.9 Å². The van der Waals surface area contributed by atoms with Crippen molar-refractivity contribution in [2.75, 3.05) is 0 Å². The fourth-order valence-electron chi connectivity index (χ4n) is 6.75. The minimum Gasteiger partial charge on any atom is -0.393 e. The molecule has 0 amide bonds. The number of rotatable bonds is 0. The molecular formula is C19H30O3. The Morgan fingerprint density at radius 3 is 2.64 bits per heavy atom. The zero-order chi connectivity index (χ0) is 15.7. The third-order valence-electron chi connectivity index (χ3n) is 7.96. The highest BCUT2D eigenvalue weighted by atomic mass is 16.3. The molecule has 0 radical (unpaired) electrons. The van der Waals surface area contributed by atoms with E-state index >= 15 is 0 Å². The molecule has 3 heteroatoms. The zero-order valence-corrected chi connectivity index (χ0v) is 13.8. The van der Waals surface area contributed by atoms with Crippen molar-refractivity contribution in [3.05, 3.63) is 11.6 Å². The molecular weight excluding hydrogens is 276 g/mol. The standard InChI is InChI=1S/C19H30O3/c1-18-8-7-12(20)9-11(18)3-4-13-14-5-6-16(22)19(14,2)10-15(21)17(13)18/h3,12-17,20-22H,4-10H2,1-2H3/t12?,13-,14?,15?,16?,17?,18-,19-/m0/s1. The molecule has 0 aromatic rings. The van der Waals surface area contributed by atoms with E-state index in [0.717, 1.165) is 44.9 Å². The fourth-order valence-corrected chi connectivity index (χ4v) is 6.75. The van der Waals surface area contributed by atoms with Gasteiger partial charge in [0.25, 0.3) is 0 Å². The van der Waals surface area contributed by atoms with Gasteiger partial charge in [-0.25, -0.2) is 0 Å². The van der Waals surface area contributed by atoms with Gasteiger partial charge in [-0.05, 0) is 73.5 Å². The highest BCUT2D eigenvalue weighted by Crippen LogP contribution is 2.64. The highest BCUT2D eigenvalue weighted by Gasteiger charge is 2.61. The second kappa shape index (κ2) is 4.81. The Kier molecular flexibility index (Phi) is 3.32. The SMILES string of the molecule is C[C@]12CC(O)C3[C@@H](CC=C4CC(O)CC[C@@]43C)C1CCC2O. The summed E-state index contributed by atoms with van der Waals surface area (Å²) in [5.74, 6) is 1.34. The van der Waals surface area contributed by atoms with Gasteiger partial charge < -0.3 is 15.3 Å². The Hall–Kier alpha value is -0.380. The molecule has 0 spiro atoms. The maximum atomic E-state index is 11.0. The van der Waals surface area contributed by atoms with Crippen LogP contribution in [0.15, 0.2) is 11.6 Å². The minimum absolute atomic E-state index is 0.0520. The van der Waals surface area contributed by atoms with Gasteiger partial charge in [-0.3, -0.25) is 0 Å². The lowest BCUT2D eigenvalue weighted by Crippen LogP contribution is -2.57. The Morgan fingerprint density at radius 1 is 1.09 bits per heavy atom. The van der Waals surface area contributed by atoms with Crippen molar-refractivity contribution in [3.63, 3.8) is 0 Å². The number of hydrogen-bond acceptors (Lipinski definition) is 3. The van der Waals surface area contributed by atoms with Crippen LogP contribution in [0.3, 0.4) is 0 Å². The largest absolute Gasteiger partial charge is 0.393 e. The van der Waals surface area contributed by atoms with E-state index in [9.17, 15) is 15.3 Å². The van der Waals surface area contributed by atoms with E-state index in [-0.39, 0.29) is 29.1 Å². The molecule has 3 fully saturated rings. The van der Waals surface area contributed by atoms with Gasteiger partial charge in [0.2, 0.25) is 0 Å². The van der Waals surface area contributed by atoms with Crippen molar-refractivity contribution in [1.82, 2.24) is 0 Å². The molecule has 4 aliphatic carbocycles. The first kappa shape index (κ1) is 15.2. The second-order valence-corrected chi connectivity index (χ2v) is 8.95. The average Bonchev–Trinajstić information content (AvgIpc) is 2.75. The first-order valence-corrected chi connectivity index (χ1v) is 9.10. The number of aliphatic hydroxyl groups excluding tert-OH is 3. The lowest BCUT2D eigenvalue weighted by atomic mass is 9.47. The predicted molar refractivity (Wildman–Crippen MR) is 85.1 cm³/mol. The van der Waals surface area contributed by atoms with Crippen molar-refractivity contribution < 1.29 is 15.3 Å². The lowest BCUT2D eigenvalue weighted by Gasteiger charge is -2.59. The van der Waals surface area contributed by atoms with E-state index in [1.165, 1.54) is 5.57 Å². The first-order valence-electron chi connectivity index (χ1n) is 9.10. The molecule has 124 valence electrons. The smallest absolute Gasteiger partial charge is 0.0597 e. The van der Waals surface area contributed by atoms with Gasteiger partial charge in [0, 0.05) is 0 Å². The summed E-state index contributed by atoms with van der Waals surface area (Å²) in [5, 5.41) is 31.5. The molecule has 0 aromatic carbocycles. The fraction of sp³-hybridized carbons (Fsp3) is 0.895. The molecule has 8 atom stereocenters. The summed E-state index contributed by atoms with van der Waals surface area (Å²) in [5.41, 5.74) is 1.33. The van der Waals surface area contributed by atoms with E-state index in [1.54, 1.807) is 0 Å². The van der Waals surface area contributed by atoms with Gasteiger partial charge in [-0.1, -0.05) is 25.5 Å². The molecule has 5 unspecified atom stereocenters. The summed E-state index contributed by atoms with van der Waals surface area (Å²) in [6, 6.07) is 0. The normalized spacial score (nSPS) is 57.6. The third-order valence-corrected chi connectivity index (χ3v) is 7.96. The summed E-state index contributed by atoms with van der Waals surface area (Å²) in [6.45, 7) is 4.51. The van der Waals surface area contributed by atoms with Crippen LogP contribution in [0.1, 0.15) is 58.8 Å². The molecule has 3 nitrogen and oxygen atoms in total. The summed E-state index contributed by atoms with van der Waals surface area (Å²) in [7, 11) is 0. The monoisotopic (exact) mass is 306 g/mol. The Bertz CT molecular complexity index is 501. The Morgan fingerprint density at radius 2 is 1.86 bits per heavy atom. The van der Waals surface area contributed by atoms with Gasteiger partial charge in [0.15, 0.2) is 0 Å². The molecule has 0 bridgehead atoms. The van der Waals surface area contributed by atoms with E-state index in [0.29, 0.717) is 17.8 Å². The van der Waals surface area contributed by atoms with Gasteiger partial charge in [0.1, 0.15) is 0 Å². The molecule has 0 saturated heterocycles. The topological polar surface area (TPSA) is 60.7 Å². The average molecular weight is 306 g/mol.